The molecule has 5 heteroatoms. The molecule has 1 nitrogen and oxygen atoms in total. The third-order valence-electron chi connectivity index (χ3n) is 3.28. The number of benzene rings is 2. The van der Waals surface area contributed by atoms with Crippen LogP contribution in [0.5, 0.6) is 0 Å². The maximum Gasteiger partial charge on any atom is 0.194 e. The van der Waals surface area contributed by atoms with Crippen LogP contribution < -0.4 is 5.32 Å². The first-order valence-corrected chi connectivity index (χ1v) is 6.95. The van der Waals surface area contributed by atoms with Crippen LogP contribution in [0.3, 0.4) is 0 Å². The molecular formula is C16H15ClF3N. The van der Waals surface area contributed by atoms with Gasteiger partial charge < -0.3 is 5.32 Å². The van der Waals surface area contributed by atoms with Gasteiger partial charge in [0.15, 0.2) is 17.5 Å². The van der Waals surface area contributed by atoms with Crippen molar-refractivity contribution in [2.75, 3.05) is 6.54 Å². The number of hydrogen-bond donors (Lipinski definition) is 1. The molecule has 1 atom stereocenters. The minimum Gasteiger partial charge on any atom is -0.307 e. The fraction of sp³-hybridized carbons (Fsp3) is 0.250. The zero-order valence-electron chi connectivity index (χ0n) is 11.7. The van der Waals surface area contributed by atoms with E-state index in [2.05, 4.69) is 5.32 Å². The van der Waals surface area contributed by atoms with E-state index in [4.69, 9.17) is 11.6 Å². The van der Waals surface area contributed by atoms with Crippen LogP contribution in [0.1, 0.15) is 29.7 Å². The summed E-state index contributed by atoms with van der Waals surface area (Å²) >= 11 is 6.10. The Bertz CT molecular complexity index is 635. The van der Waals surface area contributed by atoms with Crippen LogP contribution in [0.25, 0.3) is 0 Å². The van der Waals surface area contributed by atoms with E-state index in [1.165, 1.54) is 0 Å². The summed E-state index contributed by atoms with van der Waals surface area (Å²) in [4.78, 5) is 0. The first-order valence-electron chi connectivity index (χ1n) is 6.58. The number of halogens is 4. The predicted molar refractivity (Wildman–Crippen MR) is 78.0 cm³/mol. The van der Waals surface area contributed by atoms with Crippen molar-refractivity contribution in [3.63, 3.8) is 0 Å². The lowest BCUT2D eigenvalue weighted by atomic mass is 9.97. The summed E-state index contributed by atoms with van der Waals surface area (Å²) in [7, 11) is 0. The van der Waals surface area contributed by atoms with Gasteiger partial charge in [0, 0.05) is 5.02 Å². The zero-order chi connectivity index (χ0) is 15.6. The topological polar surface area (TPSA) is 12.0 Å². The molecule has 21 heavy (non-hydrogen) atoms. The van der Waals surface area contributed by atoms with E-state index >= 15 is 0 Å². The van der Waals surface area contributed by atoms with Gasteiger partial charge in [-0.15, -0.1) is 0 Å². The van der Waals surface area contributed by atoms with Crippen molar-refractivity contribution in [2.45, 2.75) is 19.9 Å². The van der Waals surface area contributed by atoms with Gasteiger partial charge in [0.2, 0.25) is 0 Å². The Hall–Kier alpha value is -1.52. The summed E-state index contributed by atoms with van der Waals surface area (Å²) in [6.07, 6.45) is 0. The van der Waals surface area contributed by atoms with Crippen LogP contribution in [-0.4, -0.2) is 6.54 Å². The molecule has 0 aliphatic rings. The molecule has 0 saturated carbocycles. The molecule has 1 unspecified atom stereocenters. The van der Waals surface area contributed by atoms with Crippen LogP contribution in [0.4, 0.5) is 13.2 Å². The largest absolute Gasteiger partial charge is 0.307 e. The summed E-state index contributed by atoms with van der Waals surface area (Å²) in [6, 6.07) is 6.94. The van der Waals surface area contributed by atoms with Gasteiger partial charge in [0.05, 0.1) is 6.04 Å². The van der Waals surface area contributed by atoms with E-state index < -0.39 is 23.5 Å². The summed E-state index contributed by atoms with van der Waals surface area (Å²) < 4.78 is 39.9. The molecule has 0 radical (unpaired) electrons. The molecule has 2 aromatic carbocycles. The van der Waals surface area contributed by atoms with Crippen LogP contribution in [0.2, 0.25) is 5.02 Å². The number of hydrogen-bond acceptors (Lipinski definition) is 1. The highest BCUT2D eigenvalue weighted by molar-refractivity contribution is 6.31. The minimum atomic E-state index is -1.46. The quantitative estimate of drug-likeness (QED) is 0.802. The van der Waals surface area contributed by atoms with Gasteiger partial charge >= 0.3 is 0 Å². The Morgan fingerprint density at radius 2 is 1.67 bits per heavy atom. The average Bonchev–Trinajstić information content (AvgIpc) is 2.45. The Morgan fingerprint density at radius 3 is 2.19 bits per heavy atom. The fourth-order valence-electron chi connectivity index (χ4n) is 2.16. The first kappa shape index (κ1) is 15.9. The van der Waals surface area contributed by atoms with Crippen molar-refractivity contribution >= 4 is 11.6 Å². The lowest BCUT2D eigenvalue weighted by Crippen LogP contribution is -2.22. The molecule has 0 amide bonds. The SMILES string of the molecule is CCNC(c1cc(F)c(F)c(F)c1)c1ccc(C)c(Cl)c1. The lowest BCUT2D eigenvalue weighted by Gasteiger charge is -2.20. The van der Waals surface area contributed by atoms with Crippen LogP contribution in [-0.2, 0) is 0 Å². The summed E-state index contributed by atoms with van der Waals surface area (Å²) in [5.41, 5.74) is 1.98. The second-order valence-corrected chi connectivity index (χ2v) is 5.21. The molecule has 0 bridgehead atoms. The number of nitrogens with one attached hydrogen (secondary N) is 1. The standard InChI is InChI=1S/C16H15ClF3N/c1-3-21-16(10-5-4-9(2)12(17)6-10)11-7-13(18)15(20)14(19)8-11/h4-8,16,21H,3H2,1-2H3. The molecule has 112 valence electrons. The van der Waals surface area contributed by atoms with E-state index in [9.17, 15) is 13.2 Å². The first-order chi connectivity index (χ1) is 9.93. The molecule has 2 aromatic rings. The van der Waals surface area contributed by atoms with Gasteiger partial charge in [0.1, 0.15) is 0 Å². The lowest BCUT2D eigenvalue weighted by molar-refractivity contribution is 0.442. The van der Waals surface area contributed by atoms with Gasteiger partial charge in [-0.3, -0.25) is 0 Å². The van der Waals surface area contributed by atoms with Crippen molar-refractivity contribution < 1.29 is 13.2 Å². The minimum absolute atomic E-state index is 0.313. The molecule has 0 saturated heterocycles. The Balaban J connectivity index is 2.50. The third kappa shape index (κ3) is 3.39. The number of rotatable bonds is 4. The highest BCUT2D eigenvalue weighted by Gasteiger charge is 2.19. The monoisotopic (exact) mass is 313 g/mol. The zero-order valence-corrected chi connectivity index (χ0v) is 12.4. The molecule has 0 spiro atoms. The molecule has 0 aliphatic heterocycles. The highest BCUT2D eigenvalue weighted by Crippen LogP contribution is 2.28. The van der Waals surface area contributed by atoms with Gasteiger partial charge in [0.25, 0.3) is 0 Å². The third-order valence-corrected chi connectivity index (χ3v) is 3.68. The van der Waals surface area contributed by atoms with Crippen molar-refractivity contribution in [1.82, 2.24) is 5.32 Å². The molecule has 2 rings (SSSR count). The summed E-state index contributed by atoms with van der Waals surface area (Å²) in [6.45, 7) is 4.32. The van der Waals surface area contributed by atoms with Crippen molar-refractivity contribution in [1.29, 1.82) is 0 Å². The molecular weight excluding hydrogens is 299 g/mol. The number of aryl methyl sites for hydroxylation is 1. The second-order valence-electron chi connectivity index (χ2n) is 4.80. The summed E-state index contributed by atoms with van der Waals surface area (Å²) in [5.74, 6) is -3.87. The van der Waals surface area contributed by atoms with Crippen LogP contribution in [0.15, 0.2) is 30.3 Å². The van der Waals surface area contributed by atoms with Gasteiger partial charge in [-0.05, 0) is 48.4 Å². The van der Waals surface area contributed by atoms with E-state index in [1.54, 1.807) is 6.07 Å². The maximum atomic E-state index is 13.4. The molecule has 0 aliphatic carbocycles. The molecule has 0 heterocycles. The maximum absolute atomic E-state index is 13.4. The van der Waals surface area contributed by atoms with Gasteiger partial charge in [-0.25, -0.2) is 13.2 Å². The summed E-state index contributed by atoms with van der Waals surface area (Å²) in [5, 5.41) is 3.69. The van der Waals surface area contributed by atoms with E-state index in [-0.39, 0.29) is 0 Å². The van der Waals surface area contributed by atoms with Crippen molar-refractivity contribution in [3.8, 4) is 0 Å². The van der Waals surface area contributed by atoms with E-state index in [0.717, 1.165) is 23.3 Å². The van der Waals surface area contributed by atoms with Crippen LogP contribution >= 0.6 is 11.6 Å². The Labute approximate surface area is 126 Å². The average molecular weight is 314 g/mol. The second kappa shape index (κ2) is 6.50. The van der Waals surface area contributed by atoms with Gasteiger partial charge in [-0.1, -0.05) is 30.7 Å². The smallest absolute Gasteiger partial charge is 0.194 e. The fourth-order valence-corrected chi connectivity index (χ4v) is 2.35. The molecule has 0 fully saturated rings. The van der Waals surface area contributed by atoms with Crippen LogP contribution in [0, 0.1) is 24.4 Å². The van der Waals surface area contributed by atoms with Crippen molar-refractivity contribution in [2.24, 2.45) is 0 Å². The Kier molecular flexibility index (Phi) is 4.91. The van der Waals surface area contributed by atoms with E-state index in [1.807, 2.05) is 26.0 Å². The Morgan fingerprint density at radius 1 is 1.05 bits per heavy atom. The molecule has 0 aromatic heterocycles. The molecule has 1 N–H and O–H groups in total. The van der Waals surface area contributed by atoms with E-state index in [0.29, 0.717) is 17.1 Å². The van der Waals surface area contributed by atoms with Gasteiger partial charge in [-0.2, -0.15) is 0 Å². The predicted octanol–water partition coefficient (Wildman–Crippen LogP) is 4.76. The highest BCUT2D eigenvalue weighted by atomic mass is 35.5. The van der Waals surface area contributed by atoms with Crippen molar-refractivity contribution in [3.05, 3.63) is 69.5 Å². The normalized spacial score (nSPS) is 12.5.